The molecule has 1 atom stereocenters. The number of benzene rings is 2. The van der Waals surface area contributed by atoms with Gasteiger partial charge in [-0.15, -0.1) is 10.2 Å². The molecule has 5 rings (SSSR count). The van der Waals surface area contributed by atoms with Gasteiger partial charge in [0.1, 0.15) is 5.01 Å². The summed E-state index contributed by atoms with van der Waals surface area (Å²) in [4.78, 5) is 29.5. The largest absolute Gasteiger partial charge is 0.416 e. The molecule has 3 heterocycles. The van der Waals surface area contributed by atoms with E-state index < -0.39 is 17.7 Å². The quantitative estimate of drug-likeness (QED) is 0.446. The number of aryl methyl sites for hydroxylation is 2. The van der Waals surface area contributed by atoms with Crippen LogP contribution < -0.4 is 10.2 Å². The second-order valence-corrected chi connectivity index (χ2v) is 10.7. The van der Waals surface area contributed by atoms with Gasteiger partial charge in [-0.2, -0.15) is 13.2 Å². The SMILES string of the molecule is O=C(Nc1nnc(CCc2ccc(C(F)(F)F)cc2)s1)[C@H]1CC(=O)N(c2ccc(CN3CCOCC3)cc2)C1. The fourth-order valence-corrected chi connectivity index (χ4v) is 5.40. The number of rotatable bonds is 8. The third-order valence-corrected chi connectivity index (χ3v) is 7.76. The van der Waals surface area contributed by atoms with Crippen LogP contribution in [-0.4, -0.2) is 59.8 Å². The van der Waals surface area contributed by atoms with Crippen molar-refractivity contribution >= 4 is 34.0 Å². The molecule has 39 heavy (non-hydrogen) atoms. The van der Waals surface area contributed by atoms with Gasteiger partial charge < -0.3 is 15.0 Å². The van der Waals surface area contributed by atoms with Crippen molar-refractivity contribution in [3.8, 4) is 0 Å². The van der Waals surface area contributed by atoms with E-state index in [1.165, 1.54) is 23.5 Å². The lowest BCUT2D eigenvalue weighted by molar-refractivity contribution is -0.137. The molecule has 1 aromatic heterocycles. The number of anilines is 2. The van der Waals surface area contributed by atoms with E-state index in [1.807, 2.05) is 24.3 Å². The Kier molecular flexibility index (Phi) is 8.24. The van der Waals surface area contributed by atoms with Gasteiger partial charge >= 0.3 is 6.18 Å². The first-order valence-electron chi connectivity index (χ1n) is 12.7. The van der Waals surface area contributed by atoms with Crippen molar-refractivity contribution in [3.05, 3.63) is 70.2 Å². The number of morpholine rings is 1. The number of carbonyl (C=O) groups excluding carboxylic acids is 2. The molecule has 2 aliphatic heterocycles. The average Bonchev–Trinajstić information content (AvgIpc) is 3.54. The first-order valence-corrected chi connectivity index (χ1v) is 13.5. The second kappa shape index (κ2) is 11.8. The number of halogens is 3. The van der Waals surface area contributed by atoms with Crippen LogP contribution in [0.15, 0.2) is 48.5 Å². The fourth-order valence-electron chi connectivity index (χ4n) is 4.66. The van der Waals surface area contributed by atoms with E-state index in [2.05, 4.69) is 20.4 Å². The summed E-state index contributed by atoms with van der Waals surface area (Å²) >= 11 is 1.22. The molecule has 2 saturated heterocycles. The van der Waals surface area contributed by atoms with Crippen molar-refractivity contribution in [1.29, 1.82) is 0 Å². The van der Waals surface area contributed by atoms with Crippen LogP contribution in [0.4, 0.5) is 24.0 Å². The van der Waals surface area contributed by atoms with Crippen molar-refractivity contribution in [1.82, 2.24) is 15.1 Å². The summed E-state index contributed by atoms with van der Waals surface area (Å²) in [6, 6.07) is 12.9. The second-order valence-electron chi connectivity index (χ2n) is 9.65. The minimum atomic E-state index is -4.36. The van der Waals surface area contributed by atoms with Gasteiger partial charge in [0.2, 0.25) is 16.9 Å². The van der Waals surface area contributed by atoms with E-state index in [0.717, 1.165) is 61.8 Å². The molecule has 8 nitrogen and oxygen atoms in total. The number of amides is 2. The molecule has 0 aliphatic carbocycles. The molecule has 1 N–H and O–H groups in total. The molecule has 0 saturated carbocycles. The molecule has 206 valence electrons. The lowest BCUT2D eigenvalue weighted by atomic mass is 10.1. The Bertz CT molecular complexity index is 1290. The number of ether oxygens (including phenoxy) is 1. The third kappa shape index (κ3) is 7.00. The first-order chi connectivity index (χ1) is 18.7. The number of hydrogen-bond donors (Lipinski definition) is 1. The molecular weight excluding hydrogens is 531 g/mol. The molecule has 3 aromatic rings. The smallest absolute Gasteiger partial charge is 0.379 e. The Morgan fingerprint density at radius 2 is 1.69 bits per heavy atom. The summed E-state index contributed by atoms with van der Waals surface area (Å²) in [7, 11) is 0. The van der Waals surface area contributed by atoms with Crippen LogP contribution in [0.5, 0.6) is 0 Å². The highest BCUT2D eigenvalue weighted by atomic mass is 32.1. The monoisotopic (exact) mass is 559 g/mol. The third-order valence-electron chi connectivity index (χ3n) is 6.86. The molecule has 0 radical (unpaired) electrons. The van der Waals surface area contributed by atoms with Gasteiger partial charge in [0, 0.05) is 44.7 Å². The van der Waals surface area contributed by atoms with Crippen molar-refractivity contribution in [3.63, 3.8) is 0 Å². The number of nitrogens with zero attached hydrogens (tertiary/aromatic N) is 4. The van der Waals surface area contributed by atoms with E-state index in [9.17, 15) is 22.8 Å². The highest BCUT2D eigenvalue weighted by Gasteiger charge is 2.35. The summed E-state index contributed by atoms with van der Waals surface area (Å²) in [5.41, 5.74) is 1.99. The minimum Gasteiger partial charge on any atom is -0.379 e. The van der Waals surface area contributed by atoms with E-state index in [0.29, 0.717) is 23.0 Å². The maximum atomic E-state index is 12.9. The maximum Gasteiger partial charge on any atom is 0.416 e. The van der Waals surface area contributed by atoms with Crippen LogP contribution >= 0.6 is 11.3 Å². The van der Waals surface area contributed by atoms with Crippen LogP contribution in [0.25, 0.3) is 0 Å². The van der Waals surface area contributed by atoms with Crippen LogP contribution in [0.2, 0.25) is 0 Å². The van der Waals surface area contributed by atoms with Crippen molar-refractivity contribution in [2.45, 2.75) is 32.0 Å². The highest BCUT2D eigenvalue weighted by Crippen LogP contribution is 2.30. The summed E-state index contributed by atoms with van der Waals surface area (Å²) in [5.74, 6) is -0.907. The number of nitrogens with one attached hydrogen (secondary N) is 1. The van der Waals surface area contributed by atoms with Crippen molar-refractivity contribution in [2.24, 2.45) is 5.92 Å². The number of aromatic nitrogens is 2. The van der Waals surface area contributed by atoms with Crippen LogP contribution in [0, 0.1) is 5.92 Å². The minimum absolute atomic E-state index is 0.106. The van der Waals surface area contributed by atoms with Crippen LogP contribution in [0.3, 0.4) is 0 Å². The Hall–Kier alpha value is -3.35. The summed E-state index contributed by atoms with van der Waals surface area (Å²) in [5, 5.41) is 11.9. The molecule has 12 heteroatoms. The number of hydrogen-bond acceptors (Lipinski definition) is 7. The topological polar surface area (TPSA) is 87.7 Å². The molecule has 0 unspecified atom stereocenters. The predicted molar refractivity (Wildman–Crippen MR) is 140 cm³/mol. The predicted octanol–water partition coefficient (Wildman–Crippen LogP) is 4.17. The van der Waals surface area contributed by atoms with Crippen LogP contribution in [-0.2, 0) is 39.9 Å². The molecule has 0 bridgehead atoms. The zero-order valence-electron chi connectivity index (χ0n) is 21.1. The first kappa shape index (κ1) is 27.2. The van der Waals surface area contributed by atoms with Gasteiger partial charge in [-0.3, -0.25) is 14.5 Å². The number of carbonyl (C=O) groups is 2. The average molecular weight is 560 g/mol. The van der Waals surface area contributed by atoms with Gasteiger partial charge in [-0.25, -0.2) is 0 Å². The molecule has 2 aromatic carbocycles. The van der Waals surface area contributed by atoms with Crippen molar-refractivity contribution in [2.75, 3.05) is 43.1 Å². The Labute approximate surface area is 227 Å². The van der Waals surface area contributed by atoms with Gasteiger partial charge in [0.05, 0.1) is 24.7 Å². The normalized spacial score (nSPS) is 18.5. The Morgan fingerprint density at radius 1 is 1.00 bits per heavy atom. The van der Waals surface area contributed by atoms with E-state index >= 15 is 0 Å². The standard InChI is InChI=1S/C27H28F3N5O3S/c28-27(29,30)21-6-1-18(2-7-21)5-10-23-32-33-26(39-23)31-25(37)20-15-24(36)35(17-20)22-8-3-19(4-9-22)16-34-11-13-38-14-12-34/h1-4,6-9,20H,5,10-17H2,(H,31,33,37)/t20-/m0/s1. The van der Waals surface area contributed by atoms with Gasteiger partial charge in [0.15, 0.2) is 0 Å². The summed E-state index contributed by atoms with van der Waals surface area (Å²) in [6.07, 6.45) is -3.27. The van der Waals surface area contributed by atoms with Gasteiger partial charge in [-0.1, -0.05) is 35.6 Å². The van der Waals surface area contributed by atoms with Crippen molar-refractivity contribution < 1.29 is 27.5 Å². The van der Waals surface area contributed by atoms with Crippen LogP contribution in [0.1, 0.15) is 28.1 Å². The maximum absolute atomic E-state index is 12.9. The zero-order chi connectivity index (χ0) is 27.4. The Balaban J connectivity index is 1.11. The zero-order valence-corrected chi connectivity index (χ0v) is 21.9. The lowest BCUT2D eigenvalue weighted by Crippen LogP contribution is -2.35. The number of alkyl halides is 3. The Morgan fingerprint density at radius 3 is 2.38 bits per heavy atom. The molecule has 2 amide bonds. The fraction of sp³-hybridized carbons (Fsp3) is 0.407. The van der Waals surface area contributed by atoms with Gasteiger partial charge in [-0.05, 0) is 41.8 Å². The highest BCUT2D eigenvalue weighted by molar-refractivity contribution is 7.15. The lowest BCUT2D eigenvalue weighted by Gasteiger charge is -2.26. The molecule has 2 fully saturated rings. The molecule has 2 aliphatic rings. The van der Waals surface area contributed by atoms with Gasteiger partial charge in [0.25, 0.3) is 0 Å². The molecule has 0 spiro atoms. The van der Waals surface area contributed by atoms with E-state index in [4.69, 9.17) is 4.74 Å². The molecular formula is C27H28F3N5O3S. The van der Waals surface area contributed by atoms with E-state index in [-0.39, 0.29) is 24.8 Å². The summed E-state index contributed by atoms with van der Waals surface area (Å²) in [6.45, 7) is 4.40. The summed E-state index contributed by atoms with van der Waals surface area (Å²) < 4.78 is 43.6. The van der Waals surface area contributed by atoms with E-state index in [1.54, 1.807) is 4.90 Å².